The summed E-state index contributed by atoms with van der Waals surface area (Å²) in [5.74, 6) is 0. The second-order valence-corrected chi connectivity index (χ2v) is 4.49. The van der Waals surface area contributed by atoms with Crippen LogP contribution >= 0.6 is 11.3 Å². The van der Waals surface area contributed by atoms with Crippen LogP contribution in [0.4, 0.5) is 15.8 Å². The van der Waals surface area contributed by atoms with Gasteiger partial charge in [0.05, 0.1) is 11.4 Å². The maximum Gasteiger partial charge on any atom is 0.182 e. The van der Waals surface area contributed by atoms with Crippen LogP contribution in [0, 0.1) is 13.8 Å². The number of anilines is 1. The second kappa shape index (κ2) is 4.40. The summed E-state index contributed by atoms with van der Waals surface area (Å²) in [5.41, 5.74) is 8.43. The number of nitrogens with two attached hydrogens (primary N) is 1. The molecule has 1 aromatic heterocycles. The van der Waals surface area contributed by atoms with E-state index in [4.69, 9.17) is 5.73 Å². The molecule has 2 rings (SSSR count). The van der Waals surface area contributed by atoms with Gasteiger partial charge in [-0.15, -0.1) is 10.2 Å². The van der Waals surface area contributed by atoms with E-state index in [1.54, 1.807) is 0 Å². The zero-order valence-electron chi connectivity index (χ0n) is 9.14. The van der Waals surface area contributed by atoms with Crippen LogP contribution in [0.3, 0.4) is 0 Å². The summed E-state index contributed by atoms with van der Waals surface area (Å²) in [5, 5.41) is 9.54. The minimum atomic E-state index is 0.523. The van der Waals surface area contributed by atoms with Crippen LogP contribution in [0.5, 0.6) is 0 Å². The summed E-state index contributed by atoms with van der Waals surface area (Å²) in [6.07, 6.45) is 0. The Bertz CT molecular complexity index is 513. The predicted octanol–water partition coefficient (Wildman–Crippen LogP) is 3.76. The molecule has 5 heteroatoms. The normalized spacial score (nSPS) is 11.1. The average Bonchev–Trinajstić information content (AvgIpc) is 2.57. The van der Waals surface area contributed by atoms with Crippen molar-refractivity contribution < 1.29 is 0 Å². The van der Waals surface area contributed by atoms with Crippen molar-refractivity contribution in [2.45, 2.75) is 13.8 Å². The van der Waals surface area contributed by atoms with Crippen LogP contribution in [-0.2, 0) is 0 Å². The van der Waals surface area contributed by atoms with E-state index in [2.05, 4.69) is 15.2 Å². The molecule has 0 aliphatic heterocycles. The van der Waals surface area contributed by atoms with Crippen LogP contribution in [-0.4, -0.2) is 4.98 Å². The number of aromatic nitrogens is 1. The zero-order valence-corrected chi connectivity index (χ0v) is 9.95. The Morgan fingerprint density at radius 1 is 1.12 bits per heavy atom. The summed E-state index contributed by atoms with van der Waals surface area (Å²) < 4.78 is 0. The van der Waals surface area contributed by atoms with Gasteiger partial charge in [0.2, 0.25) is 0 Å². The van der Waals surface area contributed by atoms with Crippen molar-refractivity contribution in [3.63, 3.8) is 0 Å². The van der Waals surface area contributed by atoms with Gasteiger partial charge < -0.3 is 5.73 Å². The number of hydrogen-bond acceptors (Lipinski definition) is 5. The Hall–Kier alpha value is -1.75. The SMILES string of the molecule is Cc1ccc(N=Nc2sc(N)nc2C)cc1. The topological polar surface area (TPSA) is 63.6 Å². The molecule has 0 radical (unpaired) electrons. The van der Waals surface area contributed by atoms with Gasteiger partial charge in [0.25, 0.3) is 0 Å². The molecular formula is C11H12N4S. The molecule has 0 amide bonds. The molecule has 0 aliphatic carbocycles. The predicted molar refractivity (Wildman–Crippen MR) is 66.6 cm³/mol. The van der Waals surface area contributed by atoms with Crippen molar-refractivity contribution in [3.8, 4) is 0 Å². The van der Waals surface area contributed by atoms with Crippen molar-refractivity contribution in [2.24, 2.45) is 10.2 Å². The van der Waals surface area contributed by atoms with E-state index >= 15 is 0 Å². The summed E-state index contributed by atoms with van der Waals surface area (Å²) >= 11 is 1.34. The van der Waals surface area contributed by atoms with Gasteiger partial charge in [0.15, 0.2) is 10.1 Å². The molecule has 0 unspecified atom stereocenters. The molecule has 0 saturated heterocycles. The summed E-state index contributed by atoms with van der Waals surface area (Å²) in [6, 6.07) is 7.86. The van der Waals surface area contributed by atoms with Gasteiger partial charge in [-0.05, 0) is 26.0 Å². The fraction of sp³-hybridized carbons (Fsp3) is 0.182. The van der Waals surface area contributed by atoms with Crippen LogP contribution < -0.4 is 5.73 Å². The van der Waals surface area contributed by atoms with Gasteiger partial charge in [-0.3, -0.25) is 0 Å². The smallest absolute Gasteiger partial charge is 0.182 e. The number of thiazole rings is 1. The number of aryl methyl sites for hydroxylation is 2. The summed E-state index contributed by atoms with van der Waals surface area (Å²) in [7, 11) is 0. The van der Waals surface area contributed by atoms with Gasteiger partial charge in [0, 0.05) is 0 Å². The van der Waals surface area contributed by atoms with Crippen molar-refractivity contribution in [2.75, 3.05) is 5.73 Å². The molecule has 0 fully saturated rings. The van der Waals surface area contributed by atoms with Gasteiger partial charge in [-0.1, -0.05) is 29.0 Å². The minimum Gasteiger partial charge on any atom is -0.375 e. The number of hydrogen-bond donors (Lipinski definition) is 1. The van der Waals surface area contributed by atoms with Crippen LogP contribution in [0.15, 0.2) is 34.5 Å². The van der Waals surface area contributed by atoms with E-state index in [0.29, 0.717) is 5.13 Å². The lowest BCUT2D eigenvalue weighted by molar-refractivity contribution is 1.19. The van der Waals surface area contributed by atoms with E-state index in [-0.39, 0.29) is 0 Å². The molecule has 0 saturated carbocycles. The number of azo groups is 1. The Balaban J connectivity index is 2.21. The van der Waals surface area contributed by atoms with Crippen LogP contribution in [0.25, 0.3) is 0 Å². The van der Waals surface area contributed by atoms with Crippen molar-refractivity contribution >= 4 is 27.2 Å². The first-order valence-corrected chi connectivity index (χ1v) is 5.68. The first-order valence-electron chi connectivity index (χ1n) is 4.86. The first kappa shape index (κ1) is 10.8. The molecule has 16 heavy (non-hydrogen) atoms. The highest BCUT2D eigenvalue weighted by molar-refractivity contribution is 7.19. The van der Waals surface area contributed by atoms with E-state index < -0.39 is 0 Å². The largest absolute Gasteiger partial charge is 0.375 e. The van der Waals surface area contributed by atoms with Gasteiger partial charge >= 0.3 is 0 Å². The van der Waals surface area contributed by atoms with Gasteiger partial charge in [-0.2, -0.15) is 0 Å². The zero-order chi connectivity index (χ0) is 11.5. The fourth-order valence-corrected chi connectivity index (χ4v) is 1.87. The highest BCUT2D eigenvalue weighted by atomic mass is 32.1. The second-order valence-electron chi connectivity index (χ2n) is 3.48. The first-order chi connectivity index (χ1) is 7.65. The maximum atomic E-state index is 5.57. The molecule has 0 aliphatic rings. The lowest BCUT2D eigenvalue weighted by Gasteiger charge is -1.92. The highest BCUT2D eigenvalue weighted by Crippen LogP contribution is 2.30. The summed E-state index contributed by atoms with van der Waals surface area (Å²) in [6.45, 7) is 3.91. The Labute approximate surface area is 97.9 Å². The molecule has 0 bridgehead atoms. The minimum absolute atomic E-state index is 0.523. The number of nitrogen functional groups attached to an aromatic ring is 1. The third kappa shape index (κ3) is 2.43. The van der Waals surface area contributed by atoms with Gasteiger partial charge in [0.1, 0.15) is 0 Å². The average molecular weight is 232 g/mol. The van der Waals surface area contributed by atoms with Crippen molar-refractivity contribution in [1.82, 2.24) is 4.98 Å². The van der Waals surface area contributed by atoms with E-state index in [1.165, 1.54) is 16.9 Å². The molecular weight excluding hydrogens is 220 g/mol. The molecule has 0 spiro atoms. The maximum absolute atomic E-state index is 5.57. The van der Waals surface area contributed by atoms with Crippen molar-refractivity contribution in [3.05, 3.63) is 35.5 Å². The highest BCUT2D eigenvalue weighted by Gasteiger charge is 2.03. The number of nitrogens with zero attached hydrogens (tertiary/aromatic N) is 3. The molecule has 0 atom stereocenters. The molecule has 2 N–H and O–H groups in total. The molecule has 82 valence electrons. The number of rotatable bonds is 2. The van der Waals surface area contributed by atoms with Crippen molar-refractivity contribution in [1.29, 1.82) is 0 Å². The lowest BCUT2D eigenvalue weighted by atomic mass is 10.2. The fourth-order valence-electron chi connectivity index (χ4n) is 1.22. The van der Waals surface area contributed by atoms with Crippen LogP contribution in [0.1, 0.15) is 11.3 Å². The lowest BCUT2D eigenvalue weighted by Crippen LogP contribution is -1.80. The standard InChI is InChI=1S/C11H12N4S/c1-7-3-5-9(6-4-7)14-15-10-8(2)13-11(12)16-10/h3-6H,1-2H3,(H2,12,13). The third-order valence-electron chi connectivity index (χ3n) is 2.08. The molecule has 4 nitrogen and oxygen atoms in total. The van der Waals surface area contributed by atoms with E-state index in [1.807, 2.05) is 38.1 Å². The Kier molecular flexibility index (Phi) is 2.96. The molecule has 1 aromatic carbocycles. The van der Waals surface area contributed by atoms with Crippen LogP contribution in [0.2, 0.25) is 0 Å². The molecule has 1 heterocycles. The Morgan fingerprint density at radius 2 is 1.81 bits per heavy atom. The summed E-state index contributed by atoms with van der Waals surface area (Å²) in [4.78, 5) is 4.08. The quantitative estimate of drug-likeness (QED) is 0.801. The van der Waals surface area contributed by atoms with E-state index in [0.717, 1.165) is 16.4 Å². The molecule has 2 aromatic rings. The number of benzene rings is 1. The Morgan fingerprint density at radius 3 is 2.38 bits per heavy atom. The monoisotopic (exact) mass is 232 g/mol. The third-order valence-corrected chi connectivity index (χ3v) is 2.95. The van der Waals surface area contributed by atoms with Gasteiger partial charge in [-0.25, -0.2) is 4.98 Å². The van der Waals surface area contributed by atoms with E-state index in [9.17, 15) is 0 Å².